The van der Waals surface area contributed by atoms with Gasteiger partial charge in [0.25, 0.3) is 5.91 Å². The van der Waals surface area contributed by atoms with Crippen molar-refractivity contribution in [1.29, 1.82) is 0 Å². The normalized spacial score (nSPS) is 24.0. The van der Waals surface area contributed by atoms with Crippen molar-refractivity contribution < 1.29 is 37.1 Å². The maximum absolute atomic E-state index is 15.1. The predicted molar refractivity (Wildman–Crippen MR) is 231 cm³/mol. The van der Waals surface area contributed by atoms with Crippen molar-refractivity contribution in [2.24, 2.45) is 17.3 Å². The summed E-state index contributed by atoms with van der Waals surface area (Å²) in [5, 5.41) is 2.93. The van der Waals surface area contributed by atoms with Gasteiger partial charge < -0.3 is 24.6 Å². The Hall–Kier alpha value is -5.76. The van der Waals surface area contributed by atoms with Gasteiger partial charge in [0.1, 0.15) is 29.2 Å². The van der Waals surface area contributed by atoms with E-state index < -0.39 is 62.0 Å². The minimum absolute atomic E-state index is 0.00876. The molecule has 8 rings (SSSR count). The van der Waals surface area contributed by atoms with Gasteiger partial charge in [-0.05, 0) is 48.8 Å². The first kappa shape index (κ1) is 42.0. The summed E-state index contributed by atoms with van der Waals surface area (Å²) in [6, 6.07) is 25.6. The Morgan fingerprint density at radius 1 is 0.967 bits per heavy atom. The minimum atomic E-state index is -3.91. The molecule has 1 aromatic heterocycles. The summed E-state index contributed by atoms with van der Waals surface area (Å²) in [5.74, 6) is -2.20. The first-order chi connectivity index (χ1) is 29.1. The van der Waals surface area contributed by atoms with Crippen LogP contribution in [0, 0.1) is 17.3 Å². The fraction of sp³-hybridized carbons (Fsp3) is 0.426. The molecule has 2 unspecified atom stereocenters. The minimum Gasteiger partial charge on any atom is -0.497 e. The van der Waals surface area contributed by atoms with E-state index >= 15 is 4.79 Å². The summed E-state index contributed by atoms with van der Waals surface area (Å²) in [5.41, 5.74) is 0.938. The molecule has 3 heterocycles. The third-order valence-electron chi connectivity index (χ3n) is 12.7. The molecular weight excluding hydrogens is 795 g/mol. The molecule has 13 nitrogen and oxygen atoms in total. The third kappa shape index (κ3) is 8.46. The molecule has 2 N–H and O–H groups in total. The summed E-state index contributed by atoms with van der Waals surface area (Å²) in [7, 11) is -2.33. The van der Waals surface area contributed by atoms with E-state index in [4.69, 9.17) is 14.5 Å². The fourth-order valence-electron chi connectivity index (χ4n) is 8.69. The lowest BCUT2D eigenvalue weighted by atomic mass is 9.77. The van der Waals surface area contributed by atoms with Crippen LogP contribution in [0.15, 0.2) is 97.6 Å². The Balaban J connectivity index is 1.11. The highest BCUT2D eigenvalue weighted by molar-refractivity contribution is 7.91. The monoisotopic (exact) mass is 847 g/mol. The zero-order valence-electron chi connectivity index (χ0n) is 35.0. The highest BCUT2D eigenvalue weighted by Crippen LogP contribution is 2.46. The van der Waals surface area contributed by atoms with Gasteiger partial charge in [-0.15, -0.1) is 6.58 Å². The van der Waals surface area contributed by atoms with Gasteiger partial charge in [0, 0.05) is 48.4 Å². The van der Waals surface area contributed by atoms with Crippen LogP contribution < -0.4 is 19.5 Å². The lowest BCUT2D eigenvalue weighted by Crippen LogP contribution is -2.57. The average Bonchev–Trinajstić information content (AvgIpc) is 4.16. The number of pyridine rings is 1. The van der Waals surface area contributed by atoms with E-state index in [0.29, 0.717) is 47.5 Å². The fourth-order valence-corrected chi connectivity index (χ4v) is 10.1. The second-order valence-corrected chi connectivity index (χ2v) is 19.8. The maximum Gasteiger partial charge on any atom is 0.259 e. The molecule has 2 saturated carbocycles. The Kier molecular flexibility index (Phi) is 11.2. The molecule has 2 aliphatic carbocycles. The molecule has 6 atom stereocenters. The number of nitrogens with zero attached hydrogens (tertiary/aromatic N) is 3. The number of nitrogens with one attached hydrogen (secondary N) is 2. The van der Waals surface area contributed by atoms with Crippen LogP contribution in [0.1, 0.15) is 70.9 Å². The Morgan fingerprint density at radius 3 is 2.28 bits per heavy atom. The molecule has 4 aliphatic rings. The number of aromatic nitrogens is 1. The van der Waals surface area contributed by atoms with E-state index in [-0.39, 0.29) is 43.7 Å². The summed E-state index contributed by atoms with van der Waals surface area (Å²) >= 11 is 0. The van der Waals surface area contributed by atoms with Gasteiger partial charge in [-0.25, -0.2) is 13.4 Å². The van der Waals surface area contributed by atoms with Crippen LogP contribution in [0.3, 0.4) is 0 Å². The molecule has 4 fully saturated rings. The van der Waals surface area contributed by atoms with E-state index in [2.05, 4.69) is 16.6 Å². The van der Waals surface area contributed by atoms with E-state index in [9.17, 15) is 22.8 Å². The second kappa shape index (κ2) is 16.3. The summed E-state index contributed by atoms with van der Waals surface area (Å²) in [6.07, 6.45) is 2.72. The lowest BCUT2D eigenvalue weighted by Gasteiger charge is -2.43. The van der Waals surface area contributed by atoms with Crippen molar-refractivity contribution in [3.63, 3.8) is 0 Å². The number of carbonyl (C=O) groups is 4. The first-order valence-corrected chi connectivity index (χ1v) is 22.5. The van der Waals surface area contributed by atoms with Crippen molar-refractivity contribution >= 4 is 44.6 Å². The van der Waals surface area contributed by atoms with Crippen molar-refractivity contribution in [2.75, 3.05) is 20.2 Å². The number of benzene rings is 3. The largest absolute Gasteiger partial charge is 0.497 e. The number of methoxy groups -OCH3 is 1. The van der Waals surface area contributed by atoms with E-state index in [1.807, 2.05) is 111 Å². The van der Waals surface area contributed by atoms with Crippen LogP contribution in [-0.4, -0.2) is 90.0 Å². The number of ether oxygens (including phenoxy) is 2. The molecule has 4 aromatic rings. The summed E-state index contributed by atoms with van der Waals surface area (Å²) < 4.78 is 40.2. The second-order valence-electron chi connectivity index (χ2n) is 17.8. The zero-order chi connectivity index (χ0) is 43.3. The number of rotatable bonds is 14. The third-order valence-corrected chi connectivity index (χ3v) is 14.5. The van der Waals surface area contributed by atoms with E-state index in [1.165, 1.54) is 11.0 Å². The number of hydrogen-bond donors (Lipinski definition) is 2. The number of amides is 4. The lowest BCUT2D eigenvalue weighted by molar-refractivity contribution is -0.151. The standard InChI is InChI=1S/C47H53N5O8S/c1-6-31-27-47(31,45(56)50-61(57,58)34-18-19-34)49-43(54)40-24-33(60-41-26-37(29-13-9-7-10-14-29)48-38-23-32(59-5)17-20-35(38)41)28-52(40)44(55)36(46(2,3)4)25-42(53)51-22-21-39(51)30-15-11-8-12-16-30/h6-17,20,23,26,31,33-34,36,39-40H,1,18-19,21-22,24-25,27-28H2,2-5H3,(H,49,54)(H,50,56)/t31?,33-,36-,39?,40+,47-/m1/s1. The number of fused-ring (bicyclic) bond motifs is 1. The van der Waals surface area contributed by atoms with Crippen LogP contribution in [0.5, 0.6) is 11.5 Å². The topological polar surface area (TPSA) is 164 Å². The first-order valence-electron chi connectivity index (χ1n) is 21.0. The van der Waals surface area contributed by atoms with Crippen molar-refractivity contribution in [3.05, 3.63) is 103 Å². The van der Waals surface area contributed by atoms with Gasteiger partial charge >= 0.3 is 0 Å². The molecular formula is C47H53N5O8S. The highest BCUT2D eigenvalue weighted by atomic mass is 32.2. The summed E-state index contributed by atoms with van der Waals surface area (Å²) in [6.45, 7) is 10.1. The van der Waals surface area contributed by atoms with Crippen molar-refractivity contribution in [1.82, 2.24) is 24.8 Å². The van der Waals surface area contributed by atoms with Gasteiger partial charge in [0.05, 0.1) is 42.1 Å². The van der Waals surface area contributed by atoms with Gasteiger partial charge in [-0.3, -0.25) is 23.9 Å². The van der Waals surface area contributed by atoms with Gasteiger partial charge in [0.2, 0.25) is 27.7 Å². The Morgan fingerprint density at radius 2 is 1.67 bits per heavy atom. The van der Waals surface area contributed by atoms with E-state index in [0.717, 1.165) is 17.5 Å². The van der Waals surface area contributed by atoms with Crippen LogP contribution >= 0.6 is 0 Å². The molecule has 2 saturated heterocycles. The Bertz CT molecular complexity index is 2470. The number of sulfonamides is 1. The van der Waals surface area contributed by atoms with Gasteiger partial charge in [-0.1, -0.05) is 87.5 Å². The van der Waals surface area contributed by atoms with E-state index in [1.54, 1.807) is 7.11 Å². The number of hydrogen-bond acceptors (Lipinski definition) is 9. The SMILES string of the molecule is C=CC1C[C@]1(NC(=O)[C@@H]1C[C@@H](Oc2cc(-c3ccccc3)nc3cc(OC)ccc23)CN1C(=O)[C@@H](CC(=O)N1CCC1c1ccccc1)C(C)(C)C)C(=O)NS(=O)(=O)C1CC1. The maximum atomic E-state index is 15.1. The molecule has 2 aliphatic heterocycles. The molecule has 0 bridgehead atoms. The van der Waals surface area contributed by atoms with Crippen LogP contribution in [-0.2, 0) is 29.2 Å². The predicted octanol–water partition coefficient (Wildman–Crippen LogP) is 5.95. The molecule has 320 valence electrons. The van der Waals surface area contributed by atoms with Crippen LogP contribution in [0.4, 0.5) is 0 Å². The quantitative estimate of drug-likeness (QED) is 0.146. The molecule has 4 amide bonds. The highest BCUT2D eigenvalue weighted by Gasteiger charge is 2.62. The summed E-state index contributed by atoms with van der Waals surface area (Å²) in [4.78, 5) is 65.7. The zero-order valence-corrected chi connectivity index (χ0v) is 35.8. The van der Waals surface area contributed by atoms with Gasteiger partial charge in [0.15, 0.2) is 0 Å². The van der Waals surface area contributed by atoms with Crippen molar-refractivity contribution in [3.8, 4) is 22.8 Å². The smallest absolute Gasteiger partial charge is 0.259 e. The molecule has 0 radical (unpaired) electrons. The van der Waals surface area contributed by atoms with Gasteiger partial charge in [-0.2, -0.15) is 0 Å². The molecule has 14 heteroatoms. The average molecular weight is 848 g/mol. The van der Waals surface area contributed by atoms with Crippen molar-refractivity contribution in [2.45, 2.75) is 88.3 Å². The van der Waals surface area contributed by atoms with Crippen LogP contribution in [0.25, 0.3) is 22.2 Å². The molecule has 0 spiro atoms. The number of carbonyl (C=O) groups excluding carboxylic acids is 4. The number of likely N-dealkylation sites (tertiary alicyclic amines) is 2. The Labute approximate surface area is 356 Å². The molecule has 61 heavy (non-hydrogen) atoms. The van der Waals surface area contributed by atoms with Crippen LogP contribution in [0.2, 0.25) is 0 Å². The molecule has 3 aromatic carbocycles.